The third-order valence-electron chi connectivity index (χ3n) is 0.844. The Balaban J connectivity index is 0. The maximum absolute atomic E-state index is 11.0. The molecular formula is C5H13FO4S. The van der Waals surface area contributed by atoms with Crippen molar-refractivity contribution in [3.05, 3.63) is 0 Å². The fourth-order valence-electron chi connectivity index (χ4n) is 0.353. The van der Waals surface area contributed by atoms with E-state index in [2.05, 4.69) is 4.39 Å². The van der Waals surface area contributed by atoms with Crippen molar-refractivity contribution in [2.45, 2.75) is 19.8 Å². The number of hydrogen-bond donors (Lipinski definition) is 1. The normalized spacial score (nSPS) is 10.2. The molecule has 0 saturated carbocycles. The van der Waals surface area contributed by atoms with Crippen LogP contribution in [0.3, 0.4) is 0 Å². The van der Waals surface area contributed by atoms with Gasteiger partial charge in [-0.3, -0.25) is 0 Å². The average molecular weight is 188 g/mol. The summed E-state index contributed by atoms with van der Waals surface area (Å²) in [4.78, 5) is 0. The second kappa shape index (κ2) is 7.90. The largest absolute Gasteiger partial charge is 0.400 e. The van der Waals surface area contributed by atoms with Gasteiger partial charge >= 0.3 is 0 Å². The molecule has 0 saturated heterocycles. The minimum Gasteiger partial charge on any atom is -0.400 e. The molecule has 0 spiro atoms. The zero-order valence-corrected chi connectivity index (χ0v) is 7.40. The molecule has 0 aliphatic heterocycles. The van der Waals surface area contributed by atoms with Crippen LogP contribution in [0.1, 0.15) is 19.8 Å². The summed E-state index contributed by atoms with van der Waals surface area (Å²) in [6, 6.07) is 0. The van der Waals surface area contributed by atoms with Crippen LogP contribution in [-0.2, 0) is 14.5 Å². The molecule has 0 atom stereocenters. The second-order valence-corrected chi connectivity index (χ2v) is 3.33. The van der Waals surface area contributed by atoms with E-state index in [9.17, 15) is 12.9 Å². The van der Waals surface area contributed by atoms with Crippen LogP contribution in [0, 0.1) is 0 Å². The van der Waals surface area contributed by atoms with E-state index in [1.807, 2.05) is 6.92 Å². The molecule has 6 heteroatoms. The van der Waals surface area contributed by atoms with E-state index in [4.69, 9.17) is 5.11 Å². The first kappa shape index (κ1) is 13.4. The Bertz CT molecular complexity index is 154. The zero-order valence-electron chi connectivity index (χ0n) is 6.58. The summed E-state index contributed by atoms with van der Waals surface area (Å²) in [5.41, 5.74) is 0. The average Bonchev–Trinajstić information content (AvgIpc) is 2.05. The van der Waals surface area contributed by atoms with E-state index in [-0.39, 0.29) is 5.75 Å². The van der Waals surface area contributed by atoms with Gasteiger partial charge in [0.15, 0.2) is 0 Å². The van der Waals surface area contributed by atoms with Crippen molar-refractivity contribution in [2.24, 2.45) is 0 Å². The van der Waals surface area contributed by atoms with E-state index in [1.54, 1.807) is 0 Å². The standard InChI is InChI=1S/C4H9FO3S.CH4O/c1-2-3-4-9(6,7)8-5;1-2/h2-4H2,1H3;2H,1H3. The highest BCUT2D eigenvalue weighted by Gasteiger charge is 2.08. The highest BCUT2D eigenvalue weighted by Crippen LogP contribution is 1.98. The Hall–Kier alpha value is -0.200. The number of unbranched alkanes of at least 4 members (excludes halogenated alkanes) is 1. The molecule has 0 fully saturated rings. The van der Waals surface area contributed by atoms with Gasteiger partial charge in [0.25, 0.3) is 10.1 Å². The summed E-state index contributed by atoms with van der Waals surface area (Å²) in [5.74, 6) is -0.236. The van der Waals surface area contributed by atoms with Gasteiger partial charge in [-0.2, -0.15) is 8.42 Å². The van der Waals surface area contributed by atoms with E-state index >= 15 is 0 Å². The van der Waals surface area contributed by atoms with Crippen molar-refractivity contribution in [3.63, 3.8) is 0 Å². The number of rotatable bonds is 4. The quantitative estimate of drug-likeness (QED) is 0.702. The van der Waals surface area contributed by atoms with Crippen LogP contribution in [0.15, 0.2) is 0 Å². The van der Waals surface area contributed by atoms with Gasteiger partial charge in [-0.15, -0.1) is 0 Å². The summed E-state index contributed by atoms with van der Waals surface area (Å²) in [6.07, 6.45) is 1.15. The van der Waals surface area contributed by atoms with Gasteiger partial charge in [-0.1, -0.05) is 17.7 Å². The van der Waals surface area contributed by atoms with Crippen molar-refractivity contribution in [1.82, 2.24) is 0 Å². The van der Waals surface area contributed by atoms with E-state index < -0.39 is 10.1 Å². The molecule has 0 bridgehead atoms. The molecule has 0 aliphatic rings. The predicted molar refractivity (Wildman–Crippen MR) is 39.0 cm³/mol. The van der Waals surface area contributed by atoms with Crippen molar-refractivity contribution in [3.8, 4) is 0 Å². The van der Waals surface area contributed by atoms with E-state index in [0.29, 0.717) is 12.8 Å². The summed E-state index contributed by atoms with van der Waals surface area (Å²) >= 11 is 0. The summed E-state index contributed by atoms with van der Waals surface area (Å²) < 4.78 is 34.0. The third kappa shape index (κ3) is 9.80. The molecule has 0 amide bonds. The van der Waals surface area contributed by atoms with Crippen molar-refractivity contribution in [2.75, 3.05) is 12.9 Å². The second-order valence-electron chi connectivity index (χ2n) is 1.68. The Morgan fingerprint density at radius 2 is 1.91 bits per heavy atom. The molecule has 0 rings (SSSR count). The Kier molecular flexibility index (Phi) is 9.62. The Morgan fingerprint density at radius 1 is 1.45 bits per heavy atom. The number of aliphatic hydroxyl groups excluding tert-OH is 1. The van der Waals surface area contributed by atoms with Gasteiger partial charge in [-0.25, -0.2) is 0 Å². The van der Waals surface area contributed by atoms with Crippen LogP contribution in [-0.4, -0.2) is 26.4 Å². The van der Waals surface area contributed by atoms with Crippen molar-refractivity contribution in [1.29, 1.82) is 0 Å². The van der Waals surface area contributed by atoms with Gasteiger partial charge in [-0.05, 0) is 10.9 Å². The minimum absolute atomic E-state index is 0.236. The van der Waals surface area contributed by atoms with Gasteiger partial charge in [0.1, 0.15) is 0 Å². The molecule has 4 nitrogen and oxygen atoms in total. The lowest BCUT2D eigenvalue weighted by Crippen LogP contribution is -2.04. The topological polar surface area (TPSA) is 63.6 Å². The maximum Gasteiger partial charge on any atom is 0.297 e. The fourth-order valence-corrected chi connectivity index (χ4v) is 1.06. The zero-order chi connectivity index (χ0) is 9.33. The molecule has 0 aliphatic carbocycles. The minimum atomic E-state index is -3.85. The van der Waals surface area contributed by atoms with Crippen LogP contribution >= 0.6 is 0 Å². The van der Waals surface area contributed by atoms with Crippen LogP contribution in [0.25, 0.3) is 0 Å². The lowest BCUT2D eigenvalue weighted by atomic mass is 10.4. The molecule has 0 radical (unpaired) electrons. The van der Waals surface area contributed by atoms with Crippen molar-refractivity contribution >= 4 is 10.1 Å². The summed E-state index contributed by atoms with van der Waals surface area (Å²) in [5, 5.41) is 7.00. The van der Waals surface area contributed by atoms with E-state index in [0.717, 1.165) is 7.11 Å². The maximum atomic E-state index is 11.0. The van der Waals surface area contributed by atoms with Gasteiger partial charge in [0, 0.05) is 7.11 Å². The monoisotopic (exact) mass is 188 g/mol. The number of halogens is 1. The highest BCUT2D eigenvalue weighted by molar-refractivity contribution is 7.86. The first-order valence-electron chi connectivity index (χ1n) is 3.10. The molecule has 70 valence electrons. The lowest BCUT2D eigenvalue weighted by molar-refractivity contribution is 0.00290. The highest BCUT2D eigenvalue weighted by atomic mass is 32.2. The third-order valence-corrected chi connectivity index (χ3v) is 1.82. The number of hydrogen-bond acceptors (Lipinski definition) is 4. The molecule has 11 heavy (non-hydrogen) atoms. The smallest absolute Gasteiger partial charge is 0.297 e. The fraction of sp³-hybridized carbons (Fsp3) is 1.00. The number of aliphatic hydroxyl groups is 1. The van der Waals surface area contributed by atoms with Gasteiger partial charge in [0.2, 0.25) is 0 Å². The SMILES string of the molecule is CCCCS(=O)(=O)OF.CO. The first-order valence-corrected chi connectivity index (χ1v) is 4.67. The molecule has 0 heterocycles. The molecule has 0 aromatic rings. The van der Waals surface area contributed by atoms with Crippen LogP contribution in [0.5, 0.6) is 0 Å². The van der Waals surface area contributed by atoms with Gasteiger partial charge in [0.05, 0.1) is 5.75 Å². The molecule has 0 unspecified atom stereocenters. The molecule has 0 aromatic heterocycles. The Labute approximate surface area is 66.0 Å². The lowest BCUT2D eigenvalue weighted by Gasteiger charge is -1.92. The summed E-state index contributed by atoms with van der Waals surface area (Å²) in [7, 11) is -2.85. The Morgan fingerprint density at radius 3 is 2.18 bits per heavy atom. The molecule has 1 N–H and O–H groups in total. The van der Waals surface area contributed by atoms with Crippen LogP contribution in [0.2, 0.25) is 0 Å². The van der Waals surface area contributed by atoms with E-state index in [1.165, 1.54) is 0 Å². The van der Waals surface area contributed by atoms with Crippen LogP contribution < -0.4 is 0 Å². The molecule has 0 aromatic carbocycles. The summed E-state index contributed by atoms with van der Waals surface area (Å²) in [6.45, 7) is 1.81. The molecular weight excluding hydrogens is 175 g/mol. The van der Waals surface area contributed by atoms with Gasteiger partial charge < -0.3 is 5.11 Å². The van der Waals surface area contributed by atoms with Crippen LogP contribution in [0.4, 0.5) is 4.53 Å². The predicted octanol–water partition coefficient (Wildman–Crippen LogP) is 0.626. The van der Waals surface area contributed by atoms with Crippen molar-refractivity contribution < 1.29 is 22.4 Å². The first-order chi connectivity index (χ1) is 5.12.